The van der Waals surface area contributed by atoms with E-state index in [-0.39, 0.29) is 85.6 Å². The van der Waals surface area contributed by atoms with Gasteiger partial charge in [0.25, 0.3) is 11.8 Å². The fourth-order valence-corrected chi connectivity index (χ4v) is 6.95. The van der Waals surface area contributed by atoms with Crippen molar-refractivity contribution in [2.45, 2.75) is 165 Å². The van der Waals surface area contributed by atoms with Crippen molar-refractivity contribution in [1.29, 1.82) is 0 Å². The second kappa shape index (κ2) is 23.5. The molecule has 1 fully saturated rings. The lowest BCUT2D eigenvalue weighted by atomic mass is 9.83. The first kappa shape index (κ1) is 49.5. The number of aliphatic hydroxyl groups is 2. The van der Waals surface area contributed by atoms with Gasteiger partial charge in [-0.15, -0.1) is 5.06 Å². The van der Waals surface area contributed by atoms with Gasteiger partial charge in [0.15, 0.2) is 11.6 Å². The molecule has 1 rings (SSSR count). The van der Waals surface area contributed by atoms with E-state index < -0.39 is 77.9 Å². The molecule has 4 N–H and O–H groups in total. The van der Waals surface area contributed by atoms with Gasteiger partial charge in [0.1, 0.15) is 5.78 Å². The van der Waals surface area contributed by atoms with Gasteiger partial charge in [-0.05, 0) is 61.2 Å². The lowest BCUT2D eigenvalue weighted by Gasteiger charge is -2.29. The van der Waals surface area contributed by atoms with Crippen LogP contribution in [-0.2, 0) is 43.2 Å². The summed E-state index contributed by atoms with van der Waals surface area (Å²) in [6, 6.07) is -1.86. The van der Waals surface area contributed by atoms with E-state index in [0.29, 0.717) is 24.3 Å². The SMILES string of the molecule is CC(C)CC(=O)C[C@@H](C(=O)N[C@H](C(=O)CC(CC(C)C)[C@H](O)CC(=O)N[C@H](C)C(=O)C[C@H](CC(C)C)[C@H](O)CC(=O)ON1C(=O)CCC1=O)C(C)C)C(C)C. The third kappa shape index (κ3) is 17.9. The molecular weight excluding hydrogens is 710 g/mol. The smallest absolute Gasteiger partial charge is 0.335 e. The Morgan fingerprint density at radius 3 is 1.56 bits per heavy atom. The van der Waals surface area contributed by atoms with Crippen LogP contribution in [0.2, 0.25) is 0 Å². The molecule has 1 heterocycles. The first-order chi connectivity index (χ1) is 25.4. The van der Waals surface area contributed by atoms with E-state index in [2.05, 4.69) is 10.6 Å². The predicted octanol–water partition coefficient (Wildman–Crippen LogP) is 4.26. The molecule has 55 heavy (non-hydrogen) atoms. The van der Waals surface area contributed by atoms with Crippen LogP contribution >= 0.6 is 0 Å². The molecule has 7 atom stereocenters. The molecule has 0 aromatic heterocycles. The number of ketones is 3. The number of rotatable bonds is 26. The molecule has 0 aromatic rings. The highest BCUT2D eigenvalue weighted by Gasteiger charge is 2.36. The topological polar surface area (TPSA) is 214 Å². The first-order valence-electron chi connectivity index (χ1n) is 20.0. The summed E-state index contributed by atoms with van der Waals surface area (Å²) in [7, 11) is 0. The van der Waals surface area contributed by atoms with Crippen molar-refractivity contribution in [2.75, 3.05) is 0 Å². The van der Waals surface area contributed by atoms with E-state index >= 15 is 0 Å². The minimum absolute atomic E-state index is 0.00663. The van der Waals surface area contributed by atoms with Gasteiger partial charge >= 0.3 is 5.97 Å². The lowest BCUT2D eigenvalue weighted by molar-refractivity contribution is -0.199. The number of nitrogens with zero attached hydrogens (tertiary/aromatic N) is 1. The molecule has 1 aliphatic rings. The number of hydrogen-bond acceptors (Lipinski definition) is 11. The molecule has 1 unspecified atom stereocenters. The number of hydrogen-bond donors (Lipinski definition) is 4. The zero-order valence-corrected chi connectivity index (χ0v) is 35.0. The average molecular weight is 780 g/mol. The number of Topliss-reactive ketones (excluding diaryl/α,β-unsaturated/α-hetero) is 3. The van der Waals surface area contributed by atoms with E-state index in [1.54, 1.807) is 0 Å². The molecule has 314 valence electrons. The van der Waals surface area contributed by atoms with Gasteiger partial charge in [-0.25, -0.2) is 4.79 Å². The maximum atomic E-state index is 13.7. The second-order valence-corrected chi connectivity index (χ2v) is 17.4. The summed E-state index contributed by atoms with van der Waals surface area (Å²) in [6.07, 6.45) is -2.69. The maximum absolute atomic E-state index is 13.7. The summed E-state index contributed by atoms with van der Waals surface area (Å²) < 4.78 is 0. The summed E-state index contributed by atoms with van der Waals surface area (Å²) in [6.45, 7) is 20.3. The minimum Gasteiger partial charge on any atom is -0.392 e. The van der Waals surface area contributed by atoms with Crippen molar-refractivity contribution in [2.24, 2.45) is 47.3 Å². The van der Waals surface area contributed by atoms with Crippen molar-refractivity contribution < 1.29 is 53.4 Å². The molecule has 4 amide bonds. The van der Waals surface area contributed by atoms with Crippen LogP contribution in [0.15, 0.2) is 0 Å². The monoisotopic (exact) mass is 779 g/mol. The van der Waals surface area contributed by atoms with Gasteiger partial charge in [-0.2, -0.15) is 0 Å². The largest absolute Gasteiger partial charge is 0.392 e. The minimum atomic E-state index is -1.33. The van der Waals surface area contributed by atoms with Crippen LogP contribution < -0.4 is 10.6 Å². The first-order valence-corrected chi connectivity index (χ1v) is 20.0. The number of aliphatic hydroxyl groups excluding tert-OH is 2. The number of amides is 4. The van der Waals surface area contributed by atoms with Crippen molar-refractivity contribution in [1.82, 2.24) is 15.7 Å². The molecule has 0 saturated carbocycles. The molecule has 14 heteroatoms. The van der Waals surface area contributed by atoms with Crippen LogP contribution in [0, 0.1) is 47.3 Å². The Labute approximate surface area is 327 Å². The van der Waals surface area contributed by atoms with Gasteiger partial charge in [-0.1, -0.05) is 69.2 Å². The van der Waals surface area contributed by atoms with Gasteiger partial charge in [0, 0.05) is 44.4 Å². The molecule has 0 bridgehead atoms. The molecule has 0 spiro atoms. The van der Waals surface area contributed by atoms with E-state index in [9.17, 15) is 48.6 Å². The van der Waals surface area contributed by atoms with E-state index in [4.69, 9.17) is 4.84 Å². The van der Waals surface area contributed by atoms with Gasteiger partial charge < -0.3 is 25.7 Å². The Morgan fingerprint density at radius 2 is 1.11 bits per heavy atom. The number of imide groups is 1. The molecule has 1 saturated heterocycles. The van der Waals surface area contributed by atoms with Crippen LogP contribution in [0.3, 0.4) is 0 Å². The molecule has 0 aliphatic carbocycles. The van der Waals surface area contributed by atoms with Crippen LogP contribution in [0.5, 0.6) is 0 Å². The highest BCUT2D eigenvalue weighted by Crippen LogP contribution is 2.26. The zero-order valence-electron chi connectivity index (χ0n) is 35.0. The third-order valence-corrected chi connectivity index (χ3v) is 9.93. The van der Waals surface area contributed by atoms with Crippen LogP contribution in [0.4, 0.5) is 0 Å². The Bertz CT molecular complexity index is 1330. The summed E-state index contributed by atoms with van der Waals surface area (Å²) in [5.41, 5.74) is 0. The molecule has 0 radical (unpaired) electrons. The summed E-state index contributed by atoms with van der Waals surface area (Å²) >= 11 is 0. The average Bonchev–Trinajstić information content (AvgIpc) is 3.35. The van der Waals surface area contributed by atoms with Crippen LogP contribution in [0.25, 0.3) is 0 Å². The van der Waals surface area contributed by atoms with Crippen LogP contribution in [-0.4, -0.2) is 86.5 Å². The molecule has 14 nitrogen and oxygen atoms in total. The molecule has 1 aliphatic heterocycles. The van der Waals surface area contributed by atoms with E-state index in [1.807, 2.05) is 69.2 Å². The predicted molar refractivity (Wildman–Crippen MR) is 205 cm³/mol. The standard InChI is InChI=1S/C41H69N3O11/c1-22(2)14-28(34(48)21-39(53)55-44-37(51)12-13-38(44)52)17-32(46)27(11)42-36(50)20-33(47)29(15-23(3)4)18-35(49)40(26(9)10)43-41(54)31(25(7)8)19-30(45)16-24(5)6/h22-29,31,33-34,40,47-48H,12-21H2,1-11H3,(H,42,50)(H,43,54)/t27-,28+,29?,31-,33-,34-,40+/m1/s1. The van der Waals surface area contributed by atoms with Gasteiger partial charge in [0.05, 0.1) is 37.1 Å². The second-order valence-electron chi connectivity index (χ2n) is 17.4. The highest BCUT2D eigenvalue weighted by atomic mass is 16.7. The Hall–Kier alpha value is -3.52. The fraction of sp³-hybridized carbons (Fsp3) is 0.805. The molecular formula is C41H69N3O11. The normalized spacial score (nSPS) is 17.3. The fourth-order valence-electron chi connectivity index (χ4n) is 6.95. The van der Waals surface area contributed by atoms with Crippen molar-refractivity contribution in [3.05, 3.63) is 0 Å². The van der Waals surface area contributed by atoms with Crippen molar-refractivity contribution in [3.8, 4) is 0 Å². The van der Waals surface area contributed by atoms with Gasteiger partial charge in [-0.3, -0.25) is 33.6 Å². The summed E-state index contributed by atoms with van der Waals surface area (Å²) in [5, 5.41) is 28.0. The molecule has 0 aromatic carbocycles. The number of nitrogens with one attached hydrogen (secondary N) is 2. The lowest BCUT2D eigenvalue weighted by Crippen LogP contribution is -2.49. The Morgan fingerprint density at radius 1 is 0.618 bits per heavy atom. The third-order valence-electron chi connectivity index (χ3n) is 9.93. The Balaban J connectivity index is 2.93. The summed E-state index contributed by atoms with van der Waals surface area (Å²) in [4.78, 5) is 107. The van der Waals surface area contributed by atoms with Crippen molar-refractivity contribution in [3.63, 3.8) is 0 Å². The van der Waals surface area contributed by atoms with Gasteiger partial charge in [0.2, 0.25) is 11.8 Å². The number of hydroxylamine groups is 2. The Kier molecular flexibility index (Phi) is 21.2. The van der Waals surface area contributed by atoms with Crippen LogP contribution in [0.1, 0.15) is 140 Å². The summed E-state index contributed by atoms with van der Waals surface area (Å²) in [5.74, 6) is -6.01. The van der Waals surface area contributed by atoms with E-state index in [1.165, 1.54) is 6.92 Å². The highest BCUT2D eigenvalue weighted by molar-refractivity contribution is 6.01. The number of carbonyl (C=O) groups excluding carboxylic acids is 8. The van der Waals surface area contributed by atoms with Crippen molar-refractivity contribution >= 4 is 46.9 Å². The quantitative estimate of drug-likeness (QED) is 0.0911. The van der Waals surface area contributed by atoms with E-state index in [0.717, 1.165) is 0 Å². The maximum Gasteiger partial charge on any atom is 0.335 e. The zero-order chi connectivity index (χ0) is 42.3. The number of carbonyl (C=O) groups is 8.